The molecule has 1 fully saturated rings. The summed E-state index contributed by atoms with van der Waals surface area (Å²) in [5, 5.41) is 0. The van der Waals surface area contributed by atoms with E-state index in [9.17, 15) is 9.59 Å². The maximum absolute atomic E-state index is 12.9. The summed E-state index contributed by atoms with van der Waals surface area (Å²) in [6.45, 7) is 13.3. The van der Waals surface area contributed by atoms with Gasteiger partial charge in [-0.1, -0.05) is 61.5 Å². The highest BCUT2D eigenvalue weighted by Gasteiger charge is 2.44. The molecule has 12 heteroatoms. The number of hydrogen-bond donors (Lipinski definition) is 1. The van der Waals surface area contributed by atoms with Crippen LogP contribution < -0.4 is 20.7 Å². The standard InChI is InChI=1S/C41H54N3O8P/c1-9-23-50-53(44(28(2)3)29(4)5)52-37-24-36(26-43-25-30(6)39(45)42-40(43)46)51-38(37)27-49-41(31-13-11-10-12-14-31,32-15-19-34(47-7)20-16-32)33-17-21-35(48-8)22-18-33/h10-22,25,28-29,36-38H,9,23-24,26-27H2,1-8H3,(H,42,45,46)/t36-,37?,38-,53?/m1/s1. The minimum absolute atomic E-state index is 0.147. The zero-order chi connectivity index (χ0) is 38.1. The van der Waals surface area contributed by atoms with Crippen LogP contribution in [0.4, 0.5) is 0 Å². The molecular formula is C41H54N3O8P. The monoisotopic (exact) mass is 747 g/mol. The molecule has 0 spiro atoms. The minimum Gasteiger partial charge on any atom is -0.497 e. The van der Waals surface area contributed by atoms with Gasteiger partial charge >= 0.3 is 5.69 Å². The Balaban J connectivity index is 1.57. The molecule has 4 aromatic rings. The lowest BCUT2D eigenvalue weighted by molar-refractivity contribution is -0.0819. The molecule has 11 nitrogen and oxygen atoms in total. The highest BCUT2D eigenvalue weighted by Crippen LogP contribution is 2.50. The fraction of sp³-hybridized carbons (Fsp3) is 0.463. The highest BCUT2D eigenvalue weighted by atomic mass is 31.2. The van der Waals surface area contributed by atoms with E-state index in [0.29, 0.717) is 18.6 Å². The number of nitrogens with zero attached hydrogens (tertiary/aromatic N) is 2. The molecule has 1 saturated heterocycles. The minimum atomic E-state index is -1.47. The summed E-state index contributed by atoms with van der Waals surface area (Å²) in [6.07, 6.45) is 1.55. The van der Waals surface area contributed by atoms with Crippen LogP contribution in [-0.4, -0.2) is 72.1 Å². The van der Waals surface area contributed by atoms with Crippen LogP contribution in [0.2, 0.25) is 0 Å². The smallest absolute Gasteiger partial charge is 0.328 e. The van der Waals surface area contributed by atoms with Crippen molar-refractivity contribution in [2.75, 3.05) is 27.4 Å². The van der Waals surface area contributed by atoms with Crippen molar-refractivity contribution in [1.29, 1.82) is 0 Å². The predicted molar refractivity (Wildman–Crippen MR) is 208 cm³/mol. The molecule has 2 unspecified atom stereocenters. The average Bonchev–Trinajstić information content (AvgIpc) is 3.54. The summed E-state index contributed by atoms with van der Waals surface area (Å²) in [5.74, 6) is 1.46. The van der Waals surface area contributed by atoms with Crippen molar-refractivity contribution in [1.82, 2.24) is 14.2 Å². The van der Waals surface area contributed by atoms with E-state index in [2.05, 4.69) is 56.4 Å². The van der Waals surface area contributed by atoms with E-state index in [1.165, 1.54) is 4.57 Å². The van der Waals surface area contributed by atoms with Gasteiger partial charge in [-0.2, -0.15) is 0 Å². The lowest BCUT2D eigenvalue weighted by Crippen LogP contribution is -2.39. The molecule has 3 aromatic carbocycles. The quantitative estimate of drug-likeness (QED) is 0.0835. The Bertz CT molecular complexity index is 1790. The van der Waals surface area contributed by atoms with Gasteiger partial charge in [-0.25, -0.2) is 9.46 Å². The largest absolute Gasteiger partial charge is 0.497 e. The Kier molecular flexibility index (Phi) is 14.1. The third-order valence-corrected chi connectivity index (χ3v) is 11.5. The van der Waals surface area contributed by atoms with Crippen LogP contribution in [0.1, 0.15) is 69.7 Å². The number of hydrogen-bond acceptors (Lipinski definition) is 9. The van der Waals surface area contributed by atoms with E-state index in [4.69, 9.17) is 28.0 Å². The second kappa shape index (κ2) is 18.5. The molecule has 0 amide bonds. The lowest BCUT2D eigenvalue weighted by atomic mass is 9.80. The molecule has 4 atom stereocenters. The Morgan fingerprint density at radius 2 is 1.45 bits per heavy atom. The third kappa shape index (κ3) is 9.46. The second-order valence-corrected chi connectivity index (χ2v) is 15.3. The van der Waals surface area contributed by atoms with Gasteiger partial charge in [0.2, 0.25) is 0 Å². The number of aryl methyl sites for hydroxylation is 1. The predicted octanol–water partition coefficient (Wildman–Crippen LogP) is 7.19. The Morgan fingerprint density at radius 3 is 1.98 bits per heavy atom. The molecule has 0 bridgehead atoms. The van der Waals surface area contributed by atoms with Gasteiger partial charge in [0.15, 0.2) is 0 Å². The van der Waals surface area contributed by atoms with Crippen LogP contribution in [0, 0.1) is 6.92 Å². The van der Waals surface area contributed by atoms with Crippen LogP contribution in [-0.2, 0) is 30.7 Å². The summed E-state index contributed by atoms with van der Waals surface area (Å²) in [4.78, 5) is 27.4. The zero-order valence-corrected chi connectivity index (χ0v) is 33.0. The first-order chi connectivity index (χ1) is 25.5. The van der Waals surface area contributed by atoms with Gasteiger partial charge in [0.05, 0.1) is 46.2 Å². The summed E-state index contributed by atoms with van der Waals surface area (Å²) >= 11 is 0. The molecule has 0 saturated carbocycles. The number of benzene rings is 3. The van der Waals surface area contributed by atoms with Crippen LogP contribution in [0.5, 0.6) is 11.5 Å². The molecule has 1 aliphatic heterocycles. The topological polar surface area (TPSA) is 113 Å². The van der Waals surface area contributed by atoms with Crippen LogP contribution >= 0.6 is 8.53 Å². The van der Waals surface area contributed by atoms with Gasteiger partial charge in [0, 0.05) is 30.3 Å². The summed E-state index contributed by atoms with van der Waals surface area (Å²) in [6, 6.07) is 26.3. The molecule has 5 rings (SSSR count). The van der Waals surface area contributed by atoms with Crippen LogP contribution in [0.3, 0.4) is 0 Å². The molecule has 1 aliphatic rings. The van der Waals surface area contributed by atoms with Crippen molar-refractivity contribution in [3.05, 3.63) is 128 Å². The number of aromatic amines is 1. The van der Waals surface area contributed by atoms with Gasteiger partial charge < -0.3 is 28.0 Å². The molecule has 286 valence electrons. The molecule has 2 heterocycles. The van der Waals surface area contributed by atoms with E-state index in [0.717, 1.165) is 34.6 Å². The molecule has 0 radical (unpaired) electrons. The fourth-order valence-electron chi connectivity index (χ4n) is 6.84. The molecule has 0 aliphatic carbocycles. The third-order valence-electron chi connectivity index (χ3n) is 9.38. The highest BCUT2D eigenvalue weighted by molar-refractivity contribution is 7.44. The van der Waals surface area contributed by atoms with Crippen molar-refractivity contribution in [2.45, 2.75) is 96.9 Å². The van der Waals surface area contributed by atoms with Gasteiger partial charge in [0.25, 0.3) is 14.1 Å². The number of rotatable bonds is 18. The van der Waals surface area contributed by atoms with Gasteiger partial charge in [0.1, 0.15) is 23.2 Å². The fourth-order valence-corrected chi connectivity index (χ4v) is 8.69. The van der Waals surface area contributed by atoms with E-state index < -0.39 is 43.7 Å². The first-order valence-corrected chi connectivity index (χ1v) is 19.5. The SMILES string of the molecule is CCCOP(OC1C[C@H](Cn2cc(C)c(=O)[nH]c2=O)O[C@@H]1COC(c1ccccc1)(c1ccc(OC)cc1)c1ccc(OC)cc1)N(C(C)C)C(C)C. The normalized spacial score (nSPS) is 18.2. The number of methoxy groups -OCH3 is 2. The number of H-pyrrole nitrogens is 1. The summed E-state index contributed by atoms with van der Waals surface area (Å²) < 4.78 is 42.3. The van der Waals surface area contributed by atoms with Crippen molar-refractivity contribution in [3.63, 3.8) is 0 Å². The summed E-state index contributed by atoms with van der Waals surface area (Å²) in [7, 11) is 1.83. The Morgan fingerprint density at radius 1 is 0.887 bits per heavy atom. The Labute approximate surface area is 314 Å². The van der Waals surface area contributed by atoms with E-state index >= 15 is 0 Å². The van der Waals surface area contributed by atoms with E-state index in [1.807, 2.05) is 66.7 Å². The maximum Gasteiger partial charge on any atom is 0.328 e. The van der Waals surface area contributed by atoms with Gasteiger partial charge in [-0.15, -0.1) is 0 Å². The number of aromatic nitrogens is 2. The van der Waals surface area contributed by atoms with Crippen LogP contribution in [0.25, 0.3) is 0 Å². The van der Waals surface area contributed by atoms with E-state index in [-0.39, 0.29) is 25.2 Å². The maximum atomic E-state index is 12.9. The number of nitrogens with one attached hydrogen (secondary N) is 1. The van der Waals surface area contributed by atoms with E-state index in [1.54, 1.807) is 27.3 Å². The molecule has 1 N–H and O–H groups in total. The van der Waals surface area contributed by atoms with Gasteiger partial charge in [-0.05, 0) is 82.0 Å². The first kappa shape index (κ1) is 40.4. The summed E-state index contributed by atoms with van der Waals surface area (Å²) in [5.41, 5.74) is 1.22. The second-order valence-electron chi connectivity index (χ2n) is 13.9. The van der Waals surface area contributed by atoms with Crippen molar-refractivity contribution < 1.29 is 28.0 Å². The van der Waals surface area contributed by atoms with Crippen molar-refractivity contribution in [2.24, 2.45) is 0 Å². The van der Waals surface area contributed by atoms with Crippen LogP contribution in [0.15, 0.2) is 94.6 Å². The molecule has 53 heavy (non-hydrogen) atoms. The molecular weight excluding hydrogens is 693 g/mol. The zero-order valence-electron chi connectivity index (χ0n) is 32.1. The van der Waals surface area contributed by atoms with Crippen molar-refractivity contribution in [3.8, 4) is 11.5 Å². The van der Waals surface area contributed by atoms with Gasteiger partial charge in [-0.3, -0.25) is 14.3 Å². The first-order valence-electron chi connectivity index (χ1n) is 18.3. The average molecular weight is 748 g/mol. The Hall–Kier alpha value is -3.83. The number of ether oxygens (including phenoxy) is 4. The van der Waals surface area contributed by atoms with Crippen molar-refractivity contribution >= 4 is 8.53 Å². The molecule has 1 aromatic heterocycles. The lowest BCUT2D eigenvalue weighted by Gasteiger charge is -2.39.